The van der Waals surface area contributed by atoms with Gasteiger partial charge in [0.2, 0.25) is 0 Å². The van der Waals surface area contributed by atoms with E-state index in [1.165, 1.54) is 0 Å². The Morgan fingerprint density at radius 2 is 2.09 bits per heavy atom. The largest absolute Gasteiger partial charge is 0.379 e. The Morgan fingerprint density at radius 3 is 2.70 bits per heavy atom. The molecule has 0 radical (unpaired) electrons. The smallest absolute Gasteiger partial charge is 0.254 e. The molecule has 0 aliphatic carbocycles. The minimum Gasteiger partial charge on any atom is -0.379 e. The molecule has 1 aromatic heterocycles. The number of aromatic amines is 1. The summed E-state index contributed by atoms with van der Waals surface area (Å²) in [5.74, 6) is 0.467. The molecular formula is C17H27N3O2S. The Labute approximate surface area is 143 Å². The van der Waals surface area contributed by atoms with Crippen LogP contribution in [-0.2, 0) is 4.74 Å². The van der Waals surface area contributed by atoms with Crippen molar-refractivity contribution in [3.63, 3.8) is 0 Å². The number of aromatic nitrogens is 1. The number of morpholine rings is 1. The molecule has 1 aromatic rings. The van der Waals surface area contributed by atoms with E-state index in [1.807, 2.05) is 0 Å². The molecule has 128 valence electrons. The average Bonchev–Trinajstić information content (AvgIpc) is 2.59. The van der Waals surface area contributed by atoms with Crippen LogP contribution in [0, 0.1) is 10.6 Å². The Bertz CT molecular complexity index is 551. The summed E-state index contributed by atoms with van der Waals surface area (Å²) in [5, 5.41) is 3.08. The highest BCUT2D eigenvalue weighted by Gasteiger charge is 2.27. The van der Waals surface area contributed by atoms with E-state index in [1.54, 1.807) is 18.3 Å². The summed E-state index contributed by atoms with van der Waals surface area (Å²) in [6.07, 6.45) is 3.96. The summed E-state index contributed by atoms with van der Waals surface area (Å²) in [7, 11) is 0. The lowest BCUT2D eigenvalue weighted by molar-refractivity contribution is 0.00191. The summed E-state index contributed by atoms with van der Waals surface area (Å²) in [6.45, 7) is 8.50. The summed E-state index contributed by atoms with van der Waals surface area (Å²) in [5.41, 5.74) is 0.535. The third-order valence-electron chi connectivity index (χ3n) is 4.64. The molecule has 0 spiro atoms. The van der Waals surface area contributed by atoms with Gasteiger partial charge in [0.05, 0.1) is 18.8 Å². The van der Waals surface area contributed by atoms with Gasteiger partial charge in [0, 0.05) is 31.9 Å². The van der Waals surface area contributed by atoms with E-state index in [-0.39, 0.29) is 5.91 Å². The van der Waals surface area contributed by atoms with Crippen LogP contribution in [0.4, 0.5) is 0 Å². The maximum atomic E-state index is 12.4. The second kappa shape index (κ2) is 9.15. The minimum atomic E-state index is -0.101. The monoisotopic (exact) mass is 337 g/mol. The van der Waals surface area contributed by atoms with Crippen LogP contribution in [0.3, 0.4) is 0 Å². The first kappa shape index (κ1) is 18.1. The number of hydrogen-bond donors (Lipinski definition) is 2. The molecule has 1 aliphatic heterocycles. The van der Waals surface area contributed by atoms with E-state index in [0.717, 1.165) is 39.1 Å². The lowest BCUT2D eigenvalue weighted by Gasteiger charge is -2.38. The topological polar surface area (TPSA) is 57.4 Å². The molecule has 0 unspecified atom stereocenters. The van der Waals surface area contributed by atoms with Gasteiger partial charge in [0.1, 0.15) is 4.64 Å². The maximum Gasteiger partial charge on any atom is 0.254 e. The molecule has 0 bridgehead atoms. The Kier molecular flexibility index (Phi) is 7.20. The van der Waals surface area contributed by atoms with E-state index in [9.17, 15) is 4.79 Å². The van der Waals surface area contributed by atoms with Gasteiger partial charge in [-0.15, -0.1) is 0 Å². The van der Waals surface area contributed by atoms with Gasteiger partial charge >= 0.3 is 0 Å². The number of nitrogens with zero attached hydrogens (tertiary/aromatic N) is 1. The number of hydrogen-bond acceptors (Lipinski definition) is 4. The second-order valence-electron chi connectivity index (χ2n) is 5.92. The first-order valence-corrected chi connectivity index (χ1v) is 8.85. The zero-order valence-electron chi connectivity index (χ0n) is 14.0. The van der Waals surface area contributed by atoms with Crippen LogP contribution in [-0.4, -0.2) is 54.7 Å². The van der Waals surface area contributed by atoms with E-state index in [2.05, 4.69) is 29.0 Å². The SMILES string of the molecule is CCC(CC)[C@@H](CNC(=O)c1ccc[nH]c1=S)N1CCOCC1. The van der Waals surface area contributed by atoms with Crippen molar-refractivity contribution in [3.8, 4) is 0 Å². The lowest BCUT2D eigenvalue weighted by atomic mass is 9.92. The van der Waals surface area contributed by atoms with Crippen LogP contribution in [0.5, 0.6) is 0 Å². The maximum absolute atomic E-state index is 12.4. The summed E-state index contributed by atoms with van der Waals surface area (Å²) in [6, 6.07) is 3.90. The van der Waals surface area contributed by atoms with Crippen molar-refractivity contribution in [2.45, 2.75) is 32.7 Å². The van der Waals surface area contributed by atoms with Gasteiger partial charge in [-0.25, -0.2) is 0 Å². The van der Waals surface area contributed by atoms with E-state index >= 15 is 0 Å². The predicted octanol–water partition coefficient (Wildman–Crippen LogP) is 2.61. The molecule has 0 saturated carbocycles. The van der Waals surface area contributed by atoms with Gasteiger partial charge < -0.3 is 15.0 Å². The zero-order valence-corrected chi connectivity index (χ0v) is 14.8. The molecule has 0 aromatic carbocycles. The quantitative estimate of drug-likeness (QED) is 0.751. The van der Waals surface area contributed by atoms with Gasteiger partial charge in [-0.2, -0.15) is 0 Å². The number of carbonyl (C=O) groups is 1. The summed E-state index contributed by atoms with van der Waals surface area (Å²) in [4.78, 5) is 17.8. The Morgan fingerprint density at radius 1 is 1.39 bits per heavy atom. The van der Waals surface area contributed by atoms with Crippen LogP contribution < -0.4 is 5.32 Å². The van der Waals surface area contributed by atoms with E-state index in [4.69, 9.17) is 17.0 Å². The predicted molar refractivity (Wildman–Crippen MR) is 94.2 cm³/mol. The molecule has 23 heavy (non-hydrogen) atoms. The van der Waals surface area contributed by atoms with Crippen LogP contribution in [0.2, 0.25) is 0 Å². The third-order valence-corrected chi connectivity index (χ3v) is 4.98. The fourth-order valence-corrected chi connectivity index (χ4v) is 3.46. The standard InChI is InChI=1S/C17H27N3O2S/c1-3-13(4-2)15(20-8-10-22-11-9-20)12-19-16(21)14-6-5-7-18-17(14)23/h5-7,13,15H,3-4,8-12H2,1-2H3,(H,18,23)(H,19,21)/t15-/m1/s1. The number of rotatable bonds is 7. The molecule has 1 amide bonds. The molecule has 1 saturated heterocycles. The van der Waals surface area contributed by atoms with Gasteiger partial charge in [-0.1, -0.05) is 38.9 Å². The van der Waals surface area contributed by atoms with Crippen LogP contribution in [0.1, 0.15) is 37.0 Å². The minimum absolute atomic E-state index is 0.101. The fraction of sp³-hybridized carbons (Fsp3) is 0.647. The van der Waals surface area contributed by atoms with Crippen LogP contribution in [0.25, 0.3) is 0 Å². The van der Waals surface area contributed by atoms with E-state index in [0.29, 0.717) is 28.7 Å². The normalized spacial score (nSPS) is 17.2. The van der Waals surface area contributed by atoms with Crippen molar-refractivity contribution in [3.05, 3.63) is 28.5 Å². The summed E-state index contributed by atoms with van der Waals surface area (Å²) >= 11 is 5.19. The molecule has 2 rings (SSSR count). The van der Waals surface area contributed by atoms with Gasteiger partial charge in [0.25, 0.3) is 5.91 Å². The molecular weight excluding hydrogens is 310 g/mol. The number of H-pyrrole nitrogens is 1. The summed E-state index contributed by atoms with van der Waals surface area (Å²) < 4.78 is 5.94. The highest BCUT2D eigenvalue weighted by atomic mass is 32.1. The van der Waals surface area contributed by atoms with Crippen molar-refractivity contribution >= 4 is 18.1 Å². The van der Waals surface area contributed by atoms with Gasteiger partial charge in [-0.05, 0) is 18.1 Å². The van der Waals surface area contributed by atoms with Crippen LogP contribution >= 0.6 is 12.2 Å². The molecule has 2 heterocycles. The van der Waals surface area contributed by atoms with Crippen molar-refractivity contribution in [2.24, 2.45) is 5.92 Å². The average molecular weight is 337 g/mol. The van der Waals surface area contributed by atoms with E-state index < -0.39 is 0 Å². The third kappa shape index (κ3) is 4.86. The number of amides is 1. The van der Waals surface area contributed by atoms with Gasteiger partial charge in [0.15, 0.2) is 0 Å². The molecule has 1 aliphatic rings. The molecule has 2 N–H and O–H groups in total. The molecule has 1 fully saturated rings. The highest BCUT2D eigenvalue weighted by molar-refractivity contribution is 7.71. The molecule has 6 heteroatoms. The molecule has 1 atom stereocenters. The highest BCUT2D eigenvalue weighted by Crippen LogP contribution is 2.19. The second-order valence-corrected chi connectivity index (χ2v) is 6.32. The van der Waals surface area contributed by atoms with Crippen molar-refractivity contribution in [1.29, 1.82) is 0 Å². The van der Waals surface area contributed by atoms with Crippen LogP contribution in [0.15, 0.2) is 18.3 Å². The number of carbonyl (C=O) groups excluding carboxylic acids is 1. The first-order valence-electron chi connectivity index (χ1n) is 8.45. The van der Waals surface area contributed by atoms with Crippen molar-refractivity contribution < 1.29 is 9.53 Å². The number of nitrogens with one attached hydrogen (secondary N) is 2. The lowest BCUT2D eigenvalue weighted by Crippen LogP contribution is -2.52. The Balaban J connectivity index is 2.03. The fourth-order valence-electron chi connectivity index (χ4n) is 3.23. The van der Waals surface area contributed by atoms with Gasteiger partial charge in [-0.3, -0.25) is 9.69 Å². The van der Waals surface area contributed by atoms with Crippen molar-refractivity contribution in [2.75, 3.05) is 32.8 Å². The Hall–Kier alpha value is -1.24. The first-order chi connectivity index (χ1) is 11.2. The number of ether oxygens (including phenoxy) is 1. The zero-order chi connectivity index (χ0) is 16.7. The molecule has 5 nitrogen and oxygen atoms in total. The number of pyridine rings is 1. The van der Waals surface area contributed by atoms with Crippen molar-refractivity contribution in [1.82, 2.24) is 15.2 Å².